The predicted octanol–water partition coefficient (Wildman–Crippen LogP) is 4.18. The number of aliphatic hydroxyl groups is 1. The third kappa shape index (κ3) is 3.33. The average Bonchev–Trinajstić information content (AvgIpc) is 2.27. The highest BCUT2D eigenvalue weighted by atomic mass is 16.3. The summed E-state index contributed by atoms with van der Waals surface area (Å²) < 4.78 is 0. The van der Waals surface area contributed by atoms with Crippen molar-refractivity contribution in [1.29, 1.82) is 0 Å². The minimum Gasteiger partial charge on any atom is -0.393 e. The zero-order valence-corrected chi connectivity index (χ0v) is 11.5. The molecular formula is C17H22O. The fraction of sp³-hybridized carbons (Fsp3) is 0.412. The highest BCUT2D eigenvalue weighted by Crippen LogP contribution is 2.25. The lowest BCUT2D eigenvalue weighted by Crippen LogP contribution is -2.19. The fourth-order valence-electron chi connectivity index (χ4n) is 2.50. The van der Waals surface area contributed by atoms with Gasteiger partial charge in [0.05, 0.1) is 6.10 Å². The highest BCUT2D eigenvalue weighted by molar-refractivity contribution is 5.85. The molecule has 0 bridgehead atoms. The second-order valence-electron chi connectivity index (χ2n) is 6.26. The molecule has 1 heteroatoms. The Morgan fingerprint density at radius 1 is 1.00 bits per heavy atom. The van der Waals surface area contributed by atoms with Crippen LogP contribution in [0.5, 0.6) is 0 Å². The van der Waals surface area contributed by atoms with Gasteiger partial charge in [-0.15, -0.1) is 0 Å². The first-order valence-electron chi connectivity index (χ1n) is 6.60. The van der Waals surface area contributed by atoms with Gasteiger partial charge in [0.1, 0.15) is 0 Å². The van der Waals surface area contributed by atoms with E-state index in [0.29, 0.717) is 0 Å². The van der Waals surface area contributed by atoms with Crippen molar-refractivity contribution in [1.82, 2.24) is 0 Å². The highest BCUT2D eigenvalue weighted by Gasteiger charge is 2.17. The van der Waals surface area contributed by atoms with E-state index in [1.807, 2.05) is 0 Å². The Labute approximate surface area is 109 Å². The van der Waals surface area contributed by atoms with Crippen LogP contribution in [0.25, 0.3) is 10.8 Å². The van der Waals surface area contributed by atoms with Crippen LogP contribution in [-0.2, 0) is 6.42 Å². The average molecular weight is 242 g/mol. The van der Waals surface area contributed by atoms with E-state index in [4.69, 9.17) is 0 Å². The minimum absolute atomic E-state index is 0.171. The van der Waals surface area contributed by atoms with Gasteiger partial charge < -0.3 is 5.11 Å². The molecule has 2 rings (SSSR count). The van der Waals surface area contributed by atoms with E-state index < -0.39 is 0 Å². The van der Waals surface area contributed by atoms with Crippen LogP contribution in [0.15, 0.2) is 42.5 Å². The van der Waals surface area contributed by atoms with Crippen molar-refractivity contribution in [3.8, 4) is 0 Å². The second kappa shape index (κ2) is 5.11. The van der Waals surface area contributed by atoms with Crippen molar-refractivity contribution in [3.63, 3.8) is 0 Å². The molecule has 0 aromatic heterocycles. The number of aliphatic hydroxyl groups excluding tert-OH is 1. The summed E-state index contributed by atoms with van der Waals surface area (Å²) in [5.74, 6) is 0. The van der Waals surface area contributed by atoms with Crippen molar-refractivity contribution >= 4 is 10.8 Å². The molecule has 1 unspecified atom stereocenters. The van der Waals surface area contributed by atoms with Gasteiger partial charge in [-0.2, -0.15) is 0 Å². The van der Waals surface area contributed by atoms with E-state index in [2.05, 4.69) is 63.2 Å². The maximum atomic E-state index is 10.2. The largest absolute Gasteiger partial charge is 0.393 e. The SMILES string of the molecule is CC(C)(C)CC(O)Cc1cccc2ccccc12. The molecular weight excluding hydrogens is 220 g/mol. The summed E-state index contributed by atoms with van der Waals surface area (Å²) in [6, 6.07) is 14.7. The fourth-order valence-corrected chi connectivity index (χ4v) is 2.50. The van der Waals surface area contributed by atoms with Gasteiger partial charge >= 0.3 is 0 Å². The minimum atomic E-state index is -0.268. The molecule has 0 saturated carbocycles. The first kappa shape index (κ1) is 13.1. The van der Waals surface area contributed by atoms with Crippen LogP contribution in [0.4, 0.5) is 0 Å². The second-order valence-corrected chi connectivity index (χ2v) is 6.26. The number of fused-ring (bicyclic) bond motifs is 1. The van der Waals surface area contributed by atoms with Crippen molar-refractivity contribution in [3.05, 3.63) is 48.0 Å². The molecule has 2 aromatic rings. The Morgan fingerprint density at radius 3 is 2.39 bits per heavy atom. The molecule has 0 aliphatic rings. The molecule has 0 spiro atoms. The molecule has 1 N–H and O–H groups in total. The Hall–Kier alpha value is -1.34. The molecule has 96 valence electrons. The zero-order chi connectivity index (χ0) is 13.2. The van der Waals surface area contributed by atoms with E-state index in [9.17, 15) is 5.11 Å². The summed E-state index contributed by atoms with van der Waals surface area (Å²) in [5.41, 5.74) is 1.41. The van der Waals surface area contributed by atoms with Gasteiger partial charge in [0.25, 0.3) is 0 Å². The van der Waals surface area contributed by atoms with Gasteiger partial charge in [0, 0.05) is 0 Å². The maximum Gasteiger partial charge on any atom is 0.0585 e. The Morgan fingerprint density at radius 2 is 1.67 bits per heavy atom. The van der Waals surface area contributed by atoms with E-state index in [1.165, 1.54) is 16.3 Å². The summed E-state index contributed by atoms with van der Waals surface area (Å²) in [7, 11) is 0. The van der Waals surface area contributed by atoms with Crippen molar-refractivity contribution in [2.75, 3.05) is 0 Å². The monoisotopic (exact) mass is 242 g/mol. The Kier molecular flexibility index (Phi) is 3.72. The van der Waals surface area contributed by atoms with Crippen molar-refractivity contribution in [2.45, 2.75) is 39.7 Å². The van der Waals surface area contributed by atoms with Crippen LogP contribution in [0.1, 0.15) is 32.8 Å². The molecule has 0 saturated heterocycles. The normalized spacial score (nSPS) is 13.8. The van der Waals surface area contributed by atoms with Crippen LogP contribution in [0.2, 0.25) is 0 Å². The molecule has 1 atom stereocenters. The lowest BCUT2D eigenvalue weighted by Gasteiger charge is -2.22. The third-order valence-corrected chi connectivity index (χ3v) is 3.18. The maximum absolute atomic E-state index is 10.2. The molecule has 2 aromatic carbocycles. The Bertz CT molecular complexity index is 517. The zero-order valence-electron chi connectivity index (χ0n) is 11.5. The summed E-state index contributed by atoms with van der Waals surface area (Å²) in [4.78, 5) is 0. The number of hydrogen-bond acceptors (Lipinski definition) is 1. The summed E-state index contributed by atoms with van der Waals surface area (Å²) >= 11 is 0. The van der Waals surface area contributed by atoms with E-state index in [0.717, 1.165) is 12.8 Å². The van der Waals surface area contributed by atoms with Crippen LogP contribution < -0.4 is 0 Å². The molecule has 0 aliphatic carbocycles. The topological polar surface area (TPSA) is 20.2 Å². The van der Waals surface area contributed by atoms with Gasteiger partial charge in [-0.05, 0) is 34.6 Å². The first-order valence-corrected chi connectivity index (χ1v) is 6.60. The quantitative estimate of drug-likeness (QED) is 0.856. The summed E-state index contributed by atoms with van der Waals surface area (Å²) in [6.45, 7) is 6.50. The number of benzene rings is 2. The lowest BCUT2D eigenvalue weighted by molar-refractivity contribution is 0.122. The van der Waals surface area contributed by atoms with Crippen LogP contribution in [-0.4, -0.2) is 11.2 Å². The van der Waals surface area contributed by atoms with Crippen LogP contribution in [0.3, 0.4) is 0 Å². The Balaban J connectivity index is 2.21. The predicted molar refractivity (Wildman–Crippen MR) is 77.7 cm³/mol. The number of hydrogen-bond donors (Lipinski definition) is 1. The third-order valence-electron chi connectivity index (χ3n) is 3.18. The van der Waals surface area contributed by atoms with Gasteiger partial charge in [-0.3, -0.25) is 0 Å². The van der Waals surface area contributed by atoms with Crippen LogP contribution in [0, 0.1) is 5.41 Å². The smallest absolute Gasteiger partial charge is 0.0585 e. The molecule has 0 aliphatic heterocycles. The molecule has 18 heavy (non-hydrogen) atoms. The molecule has 0 heterocycles. The first-order chi connectivity index (χ1) is 8.46. The van der Waals surface area contributed by atoms with Crippen LogP contribution >= 0.6 is 0 Å². The van der Waals surface area contributed by atoms with Crippen molar-refractivity contribution < 1.29 is 5.11 Å². The summed E-state index contributed by atoms with van der Waals surface area (Å²) in [6.07, 6.45) is 1.30. The molecule has 0 radical (unpaired) electrons. The lowest BCUT2D eigenvalue weighted by atomic mass is 9.86. The molecule has 1 nitrogen and oxygen atoms in total. The molecule has 0 amide bonds. The molecule has 0 fully saturated rings. The van der Waals surface area contributed by atoms with Gasteiger partial charge in [-0.25, -0.2) is 0 Å². The van der Waals surface area contributed by atoms with Gasteiger partial charge in [0.15, 0.2) is 0 Å². The summed E-state index contributed by atoms with van der Waals surface area (Å²) in [5, 5.41) is 12.7. The van der Waals surface area contributed by atoms with Crippen molar-refractivity contribution in [2.24, 2.45) is 5.41 Å². The van der Waals surface area contributed by atoms with Gasteiger partial charge in [-0.1, -0.05) is 63.2 Å². The van der Waals surface area contributed by atoms with E-state index in [-0.39, 0.29) is 11.5 Å². The van der Waals surface area contributed by atoms with E-state index >= 15 is 0 Å². The number of rotatable bonds is 3. The van der Waals surface area contributed by atoms with E-state index in [1.54, 1.807) is 0 Å². The standard InChI is InChI=1S/C17H22O/c1-17(2,3)12-15(18)11-14-9-6-8-13-7-4-5-10-16(13)14/h4-10,15,18H,11-12H2,1-3H3. The van der Waals surface area contributed by atoms with Gasteiger partial charge in [0.2, 0.25) is 0 Å².